The molecule has 144 valence electrons. The minimum absolute atomic E-state index is 0.308. The zero-order chi connectivity index (χ0) is 18.0. The standard InChI is InChI=1S/C22H31N5/c1-26-4-6-27(7-5-26)18-2-3-19-20(11-18)24-21(23-19)25-22-12-15-8-16(13-22)10-17(9-15)14-22/h2-3,11,15-17H,4-10,12-14H2,1H3,(H2,23,24,25). The molecule has 4 saturated carbocycles. The van der Waals surface area contributed by atoms with Crippen LogP contribution in [0.25, 0.3) is 11.0 Å². The molecule has 0 spiro atoms. The fraction of sp³-hybridized carbons (Fsp3) is 0.682. The maximum atomic E-state index is 4.89. The topological polar surface area (TPSA) is 47.2 Å². The van der Waals surface area contributed by atoms with Crippen LogP contribution in [0.15, 0.2) is 18.2 Å². The van der Waals surface area contributed by atoms with Gasteiger partial charge in [0.2, 0.25) is 5.95 Å². The average Bonchev–Trinajstić information content (AvgIpc) is 3.01. The minimum atomic E-state index is 0.308. The summed E-state index contributed by atoms with van der Waals surface area (Å²) in [6.07, 6.45) is 8.49. The first-order chi connectivity index (χ1) is 13.1. The molecule has 2 heterocycles. The van der Waals surface area contributed by atoms with Crippen molar-refractivity contribution in [2.24, 2.45) is 17.8 Å². The number of aromatic amines is 1. The number of nitrogens with one attached hydrogen (secondary N) is 2. The quantitative estimate of drug-likeness (QED) is 0.871. The molecule has 27 heavy (non-hydrogen) atoms. The molecule has 4 aliphatic carbocycles. The first-order valence-corrected chi connectivity index (χ1v) is 10.9. The highest BCUT2D eigenvalue weighted by Crippen LogP contribution is 2.56. The number of aromatic nitrogens is 2. The van der Waals surface area contributed by atoms with Crippen molar-refractivity contribution in [1.82, 2.24) is 14.9 Å². The molecular formula is C22H31N5. The van der Waals surface area contributed by atoms with E-state index in [-0.39, 0.29) is 0 Å². The van der Waals surface area contributed by atoms with E-state index in [9.17, 15) is 0 Å². The Morgan fingerprint density at radius 3 is 2.33 bits per heavy atom. The van der Waals surface area contributed by atoms with Gasteiger partial charge in [0.15, 0.2) is 0 Å². The van der Waals surface area contributed by atoms with Gasteiger partial charge in [-0.2, -0.15) is 0 Å². The molecule has 4 bridgehead atoms. The summed E-state index contributed by atoms with van der Waals surface area (Å²) in [6.45, 7) is 4.49. The van der Waals surface area contributed by atoms with E-state index in [0.717, 1.165) is 55.4 Å². The van der Waals surface area contributed by atoms with Gasteiger partial charge in [0.25, 0.3) is 0 Å². The summed E-state index contributed by atoms with van der Waals surface area (Å²) >= 11 is 0. The number of anilines is 2. The molecule has 1 aliphatic heterocycles. The number of imidazole rings is 1. The van der Waals surface area contributed by atoms with Crippen molar-refractivity contribution >= 4 is 22.7 Å². The van der Waals surface area contributed by atoms with Gasteiger partial charge in [0, 0.05) is 37.4 Å². The largest absolute Gasteiger partial charge is 0.369 e. The number of hydrogen-bond donors (Lipinski definition) is 2. The lowest BCUT2D eigenvalue weighted by atomic mass is 9.53. The normalized spacial score (nSPS) is 35.9. The van der Waals surface area contributed by atoms with Gasteiger partial charge in [-0.05, 0) is 81.5 Å². The Balaban J connectivity index is 1.24. The summed E-state index contributed by atoms with van der Waals surface area (Å²) in [4.78, 5) is 13.4. The predicted molar refractivity (Wildman–Crippen MR) is 110 cm³/mol. The van der Waals surface area contributed by atoms with E-state index in [4.69, 9.17) is 4.98 Å². The molecule has 1 saturated heterocycles. The number of nitrogens with zero attached hydrogens (tertiary/aromatic N) is 3. The van der Waals surface area contributed by atoms with Crippen LogP contribution in [0.2, 0.25) is 0 Å². The highest BCUT2D eigenvalue weighted by molar-refractivity contribution is 5.81. The molecule has 1 aromatic heterocycles. The van der Waals surface area contributed by atoms with Crippen molar-refractivity contribution in [3.8, 4) is 0 Å². The molecule has 0 atom stereocenters. The van der Waals surface area contributed by atoms with Crippen molar-refractivity contribution in [3.05, 3.63) is 18.2 Å². The van der Waals surface area contributed by atoms with Gasteiger partial charge in [-0.15, -0.1) is 0 Å². The van der Waals surface area contributed by atoms with Crippen LogP contribution in [0.4, 0.5) is 11.6 Å². The van der Waals surface area contributed by atoms with Gasteiger partial charge in [0.1, 0.15) is 0 Å². The van der Waals surface area contributed by atoms with Gasteiger partial charge in [-0.3, -0.25) is 0 Å². The van der Waals surface area contributed by atoms with Crippen LogP contribution >= 0.6 is 0 Å². The highest BCUT2D eigenvalue weighted by Gasteiger charge is 2.51. The second-order valence-corrected chi connectivity index (χ2v) is 9.90. The Kier molecular flexibility index (Phi) is 3.53. The molecule has 7 rings (SSSR count). The summed E-state index contributed by atoms with van der Waals surface area (Å²) in [5.74, 6) is 3.85. The van der Waals surface area contributed by atoms with Crippen LogP contribution < -0.4 is 10.2 Å². The Morgan fingerprint density at radius 2 is 1.67 bits per heavy atom. The number of likely N-dealkylation sites (N-methyl/N-ethyl adjacent to an activating group) is 1. The summed E-state index contributed by atoms with van der Waals surface area (Å²) < 4.78 is 0. The first kappa shape index (κ1) is 16.2. The number of rotatable bonds is 3. The Hall–Kier alpha value is -1.75. The van der Waals surface area contributed by atoms with Crippen molar-refractivity contribution in [2.75, 3.05) is 43.4 Å². The van der Waals surface area contributed by atoms with Crippen LogP contribution in [-0.4, -0.2) is 53.6 Å². The predicted octanol–water partition coefficient (Wildman–Crippen LogP) is 3.70. The lowest BCUT2D eigenvalue weighted by Gasteiger charge is -2.56. The third-order valence-corrected chi connectivity index (χ3v) is 7.76. The van der Waals surface area contributed by atoms with Crippen LogP contribution in [0.5, 0.6) is 0 Å². The summed E-state index contributed by atoms with van der Waals surface area (Å²) in [5.41, 5.74) is 3.88. The minimum Gasteiger partial charge on any atom is -0.369 e. The smallest absolute Gasteiger partial charge is 0.201 e. The Morgan fingerprint density at radius 1 is 1.00 bits per heavy atom. The molecular weight excluding hydrogens is 334 g/mol. The molecule has 5 heteroatoms. The number of H-pyrrole nitrogens is 1. The molecule has 0 unspecified atom stereocenters. The van der Waals surface area contributed by atoms with Crippen molar-refractivity contribution in [2.45, 2.75) is 44.1 Å². The molecule has 2 aromatic rings. The maximum absolute atomic E-state index is 4.89. The van der Waals surface area contributed by atoms with Crippen LogP contribution in [0.3, 0.4) is 0 Å². The van der Waals surface area contributed by atoms with E-state index in [2.05, 4.69) is 45.3 Å². The lowest BCUT2D eigenvalue weighted by Crippen LogP contribution is -2.54. The second kappa shape index (κ2) is 5.87. The van der Waals surface area contributed by atoms with E-state index in [0.29, 0.717) is 5.54 Å². The molecule has 2 N–H and O–H groups in total. The van der Waals surface area contributed by atoms with Gasteiger partial charge >= 0.3 is 0 Å². The van der Waals surface area contributed by atoms with Gasteiger partial charge < -0.3 is 20.1 Å². The van der Waals surface area contributed by atoms with Crippen LogP contribution in [-0.2, 0) is 0 Å². The van der Waals surface area contributed by atoms with E-state index in [1.54, 1.807) is 0 Å². The van der Waals surface area contributed by atoms with Crippen LogP contribution in [0, 0.1) is 17.8 Å². The summed E-state index contributed by atoms with van der Waals surface area (Å²) in [5, 5.41) is 3.89. The zero-order valence-electron chi connectivity index (χ0n) is 16.4. The lowest BCUT2D eigenvalue weighted by molar-refractivity contribution is 0.0104. The third kappa shape index (κ3) is 2.82. The van der Waals surface area contributed by atoms with E-state index in [1.165, 1.54) is 49.7 Å². The molecule has 5 fully saturated rings. The van der Waals surface area contributed by atoms with Crippen LogP contribution in [0.1, 0.15) is 38.5 Å². The fourth-order valence-corrected chi connectivity index (χ4v) is 6.83. The average molecular weight is 366 g/mol. The number of piperazine rings is 1. The summed E-state index contributed by atoms with van der Waals surface area (Å²) in [6, 6.07) is 6.71. The van der Waals surface area contributed by atoms with Gasteiger partial charge in [0.05, 0.1) is 11.0 Å². The van der Waals surface area contributed by atoms with Gasteiger partial charge in [-0.25, -0.2) is 4.98 Å². The number of benzene rings is 1. The second-order valence-electron chi connectivity index (χ2n) is 9.90. The zero-order valence-corrected chi connectivity index (χ0v) is 16.4. The Bertz CT molecular complexity index is 812. The van der Waals surface area contributed by atoms with E-state index >= 15 is 0 Å². The molecule has 5 aliphatic rings. The Labute approximate surface area is 161 Å². The first-order valence-electron chi connectivity index (χ1n) is 10.9. The molecule has 0 amide bonds. The van der Waals surface area contributed by atoms with Gasteiger partial charge in [-0.1, -0.05) is 0 Å². The van der Waals surface area contributed by atoms with Crippen molar-refractivity contribution < 1.29 is 0 Å². The maximum Gasteiger partial charge on any atom is 0.201 e. The molecule has 1 aromatic carbocycles. The van der Waals surface area contributed by atoms with Crippen molar-refractivity contribution in [3.63, 3.8) is 0 Å². The van der Waals surface area contributed by atoms with E-state index in [1.807, 2.05) is 0 Å². The van der Waals surface area contributed by atoms with Crippen molar-refractivity contribution in [1.29, 1.82) is 0 Å². The number of fused-ring (bicyclic) bond motifs is 1. The highest BCUT2D eigenvalue weighted by atomic mass is 15.2. The van der Waals surface area contributed by atoms with E-state index < -0.39 is 0 Å². The SMILES string of the molecule is CN1CCN(c2ccc3nc(NC45CC6CC(CC(C6)C4)C5)[nH]c3c2)CC1. The summed E-state index contributed by atoms with van der Waals surface area (Å²) in [7, 11) is 2.21. The molecule has 5 nitrogen and oxygen atoms in total. The fourth-order valence-electron chi connectivity index (χ4n) is 6.83. The third-order valence-electron chi connectivity index (χ3n) is 7.76. The monoisotopic (exact) mass is 365 g/mol. The number of hydrogen-bond acceptors (Lipinski definition) is 4. The molecule has 0 radical (unpaired) electrons.